The highest BCUT2D eigenvalue weighted by Gasteiger charge is 2.28. The van der Waals surface area contributed by atoms with Gasteiger partial charge in [-0.1, -0.05) is 6.07 Å². The molecule has 5 heteroatoms. The third-order valence-corrected chi connectivity index (χ3v) is 3.63. The number of rotatable bonds is 2. The van der Waals surface area contributed by atoms with Crippen LogP contribution in [0.4, 0.5) is 14.5 Å². The maximum atomic E-state index is 13.8. The van der Waals surface area contributed by atoms with Gasteiger partial charge < -0.3 is 10.6 Å². The van der Waals surface area contributed by atoms with Gasteiger partial charge in [-0.3, -0.25) is 4.79 Å². The number of carbonyl (C=O) groups excluding carboxylic acids is 1. The molecular formula is C14H18F2N2O. The molecule has 0 bridgehead atoms. The van der Waals surface area contributed by atoms with E-state index in [9.17, 15) is 13.6 Å². The Labute approximate surface area is 111 Å². The summed E-state index contributed by atoms with van der Waals surface area (Å²) in [5.41, 5.74) is -0.0331. The van der Waals surface area contributed by atoms with Gasteiger partial charge in [-0.25, -0.2) is 8.78 Å². The van der Waals surface area contributed by atoms with Crippen LogP contribution in [0.25, 0.3) is 0 Å². The van der Waals surface area contributed by atoms with Crippen LogP contribution in [0.1, 0.15) is 25.3 Å². The Hall–Kier alpha value is -1.49. The van der Waals surface area contributed by atoms with Crippen LogP contribution in [-0.4, -0.2) is 18.5 Å². The van der Waals surface area contributed by atoms with Crippen molar-refractivity contribution in [2.45, 2.75) is 32.7 Å². The average molecular weight is 268 g/mol. The fourth-order valence-electron chi connectivity index (χ4n) is 2.39. The van der Waals surface area contributed by atoms with E-state index >= 15 is 0 Å². The summed E-state index contributed by atoms with van der Waals surface area (Å²) in [5.74, 6) is -2.03. The Balaban J connectivity index is 2.17. The van der Waals surface area contributed by atoms with Gasteiger partial charge in [-0.15, -0.1) is 0 Å². The van der Waals surface area contributed by atoms with E-state index in [1.807, 2.05) is 6.92 Å². The highest BCUT2D eigenvalue weighted by molar-refractivity contribution is 5.93. The van der Waals surface area contributed by atoms with Gasteiger partial charge in [-0.05, 0) is 44.9 Å². The predicted molar refractivity (Wildman–Crippen MR) is 69.9 cm³/mol. The second kappa shape index (κ2) is 5.65. The number of aryl methyl sites for hydroxylation is 1. The lowest BCUT2D eigenvalue weighted by molar-refractivity contribution is -0.121. The van der Waals surface area contributed by atoms with Gasteiger partial charge in [0.1, 0.15) is 11.5 Å². The number of halogens is 2. The van der Waals surface area contributed by atoms with Crippen molar-refractivity contribution in [1.82, 2.24) is 5.32 Å². The molecule has 0 aromatic heterocycles. The second-order valence-electron chi connectivity index (χ2n) is 5.03. The molecule has 0 saturated carbocycles. The maximum Gasteiger partial charge on any atom is 0.229 e. The zero-order valence-corrected chi connectivity index (χ0v) is 11.1. The van der Waals surface area contributed by atoms with Crippen LogP contribution in [0.15, 0.2) is 12.1 Å². The molecule has 2 N–H and O–H groups in total. The lowest BCUT2D eigenvalue weighted by Crippen LogP contribution is -2.44. The van der Waals surface area contributed by atoms with Gasteiger partial charge in [0, 0.05) is 6.04 Å². The Bertz CT molecular complexity index is 491. The van der Waals surface area contributed by atoms with E-state index in [1.165, 1.54) is 13.0 Å². The van der Waals surface area contributed by atoms with Gasteiger partial charge in [0.2, 0.25) is 5.91 Å². The number of benzene rings is 1. The van der Waals surface area contributed by atoms with Gasteiger partial charge in [0.15, 0.2) is 5.82 Å². The lowest BCUT2D eigenvalue weighted by Gasteiger charge is -2.29. The fraction of sp³-hybridized carbons (Fsp3) is 0.500. The summed E-state index contributed by atoms with van der Waals surface area (Å²) < 4.78 is 27.4. The van der Waals surface area contributed by atoms with Crippen molar-refractivity contribution < 1.29 is 13.6 Å². The zero-order valence-electron chi connectivity index (χ0n) is 11.1. The minimum atomic E-state index is -0.743. The molecule has 1 fully saturated rings. The average Bonchev–Trinajstić information content (AvgIpc) is 2.39. The van der Waals surface area contributed by atoms with Crippen molar-refractivity contribution in [3.63, 3.8) is 0 Å². The molecule has 0 aliphatic carbocycles. The minimum Gasteiger partial charge on any atom is -0.321 e. The molecular weight excluding hydrogens is 250 g/mol. The molecule has 0 spiro atoms. The molecule has 1 saturated heterocycles. The molecule has 1 aromatic carbocycles. The van der Waals surface area contributed by atoms with Gasteiger partial charge in [0.05, 0.1) is 5.92 Å². The van der Waals surface area contributed by atoms with Crippen LogP contribution in [0.5, 0.6) is 0 Å². The molecule has 0 radical (unpaired) electrons. The standard InChI is InChI=1S/C14H18F2N2O/c1-8-5-6-11(15)13(12(8)16)18-14(19)10-4-3-7-17-9(10)2/h5-6,9-10,17H,3-4,7H2,1-2H3,(H,18,19). The molecule has 3 nitrogen and oxygen atoms in total. The highest BCUT2D eigenvalue weighted by Crippen LogP contribution is 2.24. The number of amides is 1. The third kappa shape index (κ3) is 2.92. The van der Waals surface area contributed by atoms with Crippen molar-refractivity contribution in [1.29, 1.82) is 0 Å². The van der Waals surface area contributed by atoms with Gasteiger partial charge >= 0.3 is 0 Å². The molecule has 2 atom stereocenters. The van der Waals surface area contributed by atoms with E-state index in [-0.39, 0.29) is 23.6 Å². The molecule has 1 aliphatic rings. The van der Waals surface area contributed by atoms with Gasteiger partial charge in [-0.2, -0.15) is 0 Å². The normalized spacial score (nSPS) is 23.2. The van der Waals surface area contributed by atoms with Crippen molar-refractivity contribution >= 4 is 11.6 Å². The number of piperidine rings is 1. The van der Waals surface area contributed by atoms with Crippen LogP contribution in [-0.2, 0) is 4.79 Å². The molecule has 1 aromatic rings. The van der Waals surface area contributed by atoms with E-state index in [0.717, 1.165) is 25.5 Å². The van der Waals surface area contributed by atoms with Crippen LogP contribution in [0.3, 0.4) is 0 Å². The molecule has 1 heterocycles. The summed E-state index contributed by atoms with van der Waals surface area (Å²) in [7, 11) is 0. The first kappa shape index (κ1) is 13.9. The van der Waals surface area contributed by atoms with E-state index in [1.54, 1.807) is 0 Å². The van der Waals surface area contributed by atoms with Crippen LogP contribution < -0.4 is 10.6 Å². The monoisotopic (exact) mass is 268 g/mol. The Morgan fingerprint density at radius 2 is 2.16 bits per heavy atom. The SMILES string of the molecule is Cc1ccc(F)c(NC(=O)C2CCCNC2C)c1F. The summed E-state index contributed by atoms with van der Waals surface area (Å²) in [5, 5.41) is 5.58. The van der Waals surface area contributed by atoms with E-state index in [4.69, 9.17) is 0 Å². The second-order valence-corrected chi connectivity index (χ2v) is 5.03. The van der Waals surface area contributed by atoms with E-state index in [0.29, 0.717) is 5.56 Å². The molecule has 2 rings (SSSR count). The molecule has 1 aliphatic heterocycles. The summed E-state index contributed by atoms with van der Waals surface area (Å²) in [4.78, 5) is 12.1. The van der Waals surface area contributed by atoms with Crippen molar-refractivity contribution in [3.8, 4) is 0 Å². The topological polar surface area (TPSA) is 41.1 Å². The summed E-state index contributed by atoms with van der Waals surface area (Å²) in [6.07, 6.45) is 1.62. The number of hydrogen-bond donors (Lipinski definition) is 2. The zero-order chi connectivity index (χ0) is 14.0. The summed E-state index contributed by atoms with van der Waals surface area (Å²) in [6, 6.07) is 2.53. The van der Waals surface area contributed by atoms with Crippen molar-refractivity contribution in [3.05, 3.63) is 29.3 Å². The predicted octanol–water partition coefficient (Wildman–Crippen LogP) is 2.60. The number of anilines is 1. The molecule has 104 valence electrons. The van der Waals surface area contributed by atoms with Crippen LogP contribution in [0, 0.1) is 24.5 Å². The maximum absolute atomic E-state index is 13.8. The van der Waals surface area contributed by atoms with Crippen molar-refractivity contribution in [2.75, 3.05) is 11.9 Å². The quantitative estimate of drug-likeness (QED) is 0.865. The molecule has 1 amide bonds. The largest absolute Gasteiger partial charge is 0.321 e. The summed E-state index contributed by atoms with van der Waals surface area (Å²) >= 11 is 0. The summed E-state index contributed by atoms with van der Waals surface area (Å²) in [6.45, 7) is 4.32. The minimum absolute atomic E-state index is 0.0182. The molecule has 2 unspecified atom stereocenters. The van der Waals surface area contributed by atoms with E-state index < -0.39 is 11.6 Å². The van der Waals surface area contributed by atoms with Crippen molar-refractivity contribution in [2.24, 2.45) is 5.92 Å². The lowest BCUT2D eigenvalue weighted by atomic mass is 9.91. The third-order valence-electron chi connectivity index (χ3n) is 3.63. The first-order valence-corrected chi connectivity index (χ1v) is 6.49. The number of hydrogen-bond acceptors (Lipinski definition) is 2. The Kier molecular flexibility index (Phi) is 4.14. The number of carbonyl (C=O) groups is 1. The first-order valence-electron chi connectivity index (χ1n) is 6.49. The number of nitrogens with one attached hydrogen (secondary N) is 2. The Morgan fingerprint density at radius 1 is 1.42 bits per heavy atom. The van der Waals surface area contributed by atoms with Crippen LogP contribution >= 0.6 is 0 Å². The highest BCUT2D eigenvalue weighted by atomic mass is 19.1. The molecule has 19 heavy (non-hydrogen) atoms. The van der Waals surface area contributed by atoms with E-state index in [2.05, 4.69) is 10.6 Å². The smallest absolute Gasteiger partial charge is 0.229 e. The fourth-order valence-corrected chi connectivity index (χ4v) is 2.39. The Morgan fingerprint density at radius 3 is 2.84 bits per heavy atom. The van der Waals surface area contributed by atoms with Crippen LogP contribution in [0.2, 0.25) is 0 Å². The van der Waals surface area contributed by atoms with Gasteiger partial charge in [0.25, 0.3) is 0 Å². The first-order chi connectivity index (χ1) is 9.00.